The number of benzene rings is 2. The Hall–Kier alpha value is -1.95. The molecule has 1 N–H and O–H groups in total. The summed E-state index contributed by atoms with van der Waals surface area (Å²) in [5, 5.41) is 3.42. The van der Waals surface area contributed by atoms with Gasteiger partial charge < -0.3 is 19.5 Å². The summed E-state index contributed by atoms with van der Waals surface area (Å²) in [5.74, 6) is 0.974. The molecule has 0 radical (unpaired) electrons. The standard InChI is InChI=1S/C20H21Cl2NO4/c1-25-18-10-13(7-8-17(18)27-12-14-4-3-9-26-14)11-23-20(24)15-5-2-6-16(21)19(15)22/h2,5-8,10,14H,3-4,9,11-12H2,1H3,(H,23,24)/t14-/m1/s1. The van der Waals surface area contributed by atoms with E-state index in [1.165, 1.54) is 0 Å². The summed E-state index contributed by atoms with van der Waals surface area (Å²) in [4.78, 5) is 12.3. The number of nitrogens with one attached hydrogen (secondary N) is 1. The summed E-state index contributed by atoms with van der Waals surface area (Å²) < 4.78 is 16.8. The van der Waals surface area contributed by atoms with Crippen LogP contribution in [0.2, 0.25) is 10.0 Å². The summed E-state index contributed by atoms with van der Waals surface area (Å²) in [6.45, 7) is 1.62. The average molecular weight is 410 g/mol. The van der Waals surface area contributed by atoms with Crippen molar-refractivity contribution in [2.45, 2.75) is 25.5 Å². The third kappa shape index (κ3) is 5.06. The normalized spacial score (nSPS) is 16.2. The van der Waals surface area contributed by atoms with Crippen LogP contribution in [0.15, 0.2) is 36.4 Å². The van der Waals surface area contributed by atoms with Crippen molar-refractivity contribution in [3.8, 4) is 11.5 Å². The van der Waals surface area contributed by atoms with Gasteiger partial charge in [-0.3, -0.25) is 4.79 Å². The first-order valence-corrected chi connectivity index (χ1v) is 9.47. The first kappa shape index (κ1) is 19.8. The number of carbonyl (C=O) groups excluding carboxylic acids is 1. The highest BCUT2D eigenvalue weighted by molar-refractivity contribution is 6.43. The maximum Gasteiger partial charge on any atom is 0.253 e. The molecule has 1 atom stereocenters. The predicted molar refractivity (Wildman–Crippen MR) is 105 cm³/mol. The Kier molecular flexibility index (Phi) is 6.83. The molecule has 7 heteroatoms. The fourth-order valence-electron chi connectivity index (χ4n) is 2.86. The number of carbonyl (C=O) groups is 1. The van der Waals surface area contributed by atoms with E-state index in [1.54, 1.807) is 25.3 Å². The molecule has 1 aliphatic heterocycles. The first-order chi connectivity index (χ1) is 13.1. The third-order valence-corrected chi connectivity index (χ3v) is 5.14. The second kappa shape index (κ2) is 9.31. The average Bonchev–Trinajstić information content (AvgIpc) is 3.20. The van der Waals surface area contributed by atoms with Crippen LogP contribution in [0.5, 0.6) is 11.5 Å². The highest BCUT2D eigenvalue weighted by Gasteiger charge is 2.17. The van der Waals surface area contributed by atoms with Crippen LogP contribution in [-0.2, 0) is 11.3 Å². The van der Waals surface area contributed by atoms with Crippen molar-refractivity contribution in [2.24, 2.45) is 0 Å². The molecule has 5 nitrogen and oxygen atoms in total. The zero-order valence-corrected chi connectivity index (χ0v) is 16.5. The van der Waals surface area contributed by atoms with Gasteiger partial charge in [0, 0.05) is 13.2 Å². The van der Waals surface area contributed by atoms with Crippen molar-refractivity contribution < 1.29 is 19.0 Å². The zero-order chi connectivity index (χ0) is 19.2. The molecule has 1 heterocycles. The second-order valence-corrected chi connectivity index (χ2v) is 7.00. The molecule has 0 bridgehead atoms. The number of methoxy groups -OCH3 is 1. The topological polar surface area (TPSA) is 56.8 Å². The molecule has 3 rings (SSSR count). The molecule has 0 aliphatic carbocycles. The van der Waals surface area contributed by atoms with Crippen molar-refractivity contribution in [1.82, 2.24) is 5.32 Å². The van der Waals surface area contributed by atoms with E-state index in [0.717, 1.165) is 25.0 Å². The van der Waals surface area contributed by atoms with Crippen molar-refractivity contribution in [3.05, 3.63) is 57.6 Å². The van der Waals surface area contributed by atoms with Gasteiger partial charge in [-0.25, -0.2) is 0 Å². The molecule has 2 aromatic carbocycles. The van der Waals surface area contributed by atoms with Crippen LogP contribution in [0, 0.1) is 0 Å². The molecule has 1 aliphatic rings. The van der Waals surface area contributed by atoms with E-state index >= 15 is 0 Å². The summed E-state index contributed by atoms with van der Waals surface area (Å²) in [6, 6.07) is 10.5. The fourth-order valence-corrected chi connectivity index (χ4v) is 3.24. The lowest BCUT2D eigenvalue weighted by molar-refractivity contribution is 0.0669. The van der Waals surface area contributed by atoms with E-state index in [0.29, 0.717) is 35.2 Å². The number of hydrogen-bond acceptors (Lipinski definition) is 4. The largest absolute Gasteiger partial charge is 0.493 e. The van der Waals surface area contributed by atoms with Crippen molar-refractivity contribution in [1.29, 1.82) is 0 Å². The summed E-state index contributed by atoms with van der Waals surface area (Å²) in [5.41, 5.74) is 1.22. The minimum absolute atomic E-state index is 0.135. The zero-order valence-electron chi connectivity index (χ0n) is 15.0. The summed E-state index contributed by atoms with van der Waals surface area (Å²) in [6.07, 6.45) is 2.22. The number of rotatable bonds is 7. The first-order valence-electron chi connectivity index (χ1n) is 8.72. The lowest BCUT2D eigenvalue weighted by Gasteiger charge is -2.15. The molecule has 0 unspecified atom stereocenters. The molecule has 2 aromatic rings. The highest BCUT2D eigenvalue weighted by Crippen LogP contribution is 2.29. The smallest absolute Gasteiger partial charge is 0.253 e. The minimum atomic E-state index is -0.292. The van der Waals surface area contributed by atoms with Gasteiger partial charge in [-0.2, -0.15) is 0 Å². The fraction of sp³-hybridized carbons (Fsp3) is 0.350. The Labute approximate surface area is 168 Å². The quantitative estimate of drug-likeness (QED) is 0.731. The Morgan fingerprint density at radius 3 is 2.85 bits per heavy atom. The molecular weight excluding hydrogens is 389 g/mol. The highest BCUT2D eigenvalue weighted by atomic mass is 35.5. The van der Waals surface area contributed by atoms with Crippen molar-refractivity contribution in [3.63, 3.8) is 0 Å². The number of ether oxygens (including phenoxy) is 3. The third-order valence-electron chi connectivity index (χ3n) is 4.33. The molecule has 1 fully saturated rings. The van der Waals surface area contributed by atoms with Gasteiger partial charge >= 0.3 is 0 Å². The molecule has 1 amide bonds. The lowest BCUT2D eigenvalue weighted by Crippen LogP contribution is -2.23. The number of halogens is 2. The molecule has 27 heavy (non-hydrogen) atoms. The monoisotopic (exact) mass is 409 g/mol. The Balaban J connectivity index is 1.61. The Bertz CT molecular complexity index is 807. The van der Waals surface area contributed by atoms with Gasteiger partial charge in [-0.05, 0) is 42.7 Å². The van der Waals surface area contributed by atoms with E-state index in [-0.39, 0.29) is 17.0 Å². The van der Waals surface area contributed by atoms with Crippen LogP contribution in [0.4, 0.5) is 0 Å². The van der Waals surface area contributed by atoms with E-state index in [1.807, 2.05) is 18.2 Å². The van der Waals surface area contributed by atoms with Crippen LogP contribution < -0.4 is 14.8 Å². The SMILES string of the molecule is COc1cc(CNC(=O)c2cccc(Cl)c2Cl)ccc1OC[C@H]1CCCO1. The van der Waals surface area contributed by atoms with Gasteiger partial charge in [0.05, 0.1) is 28.8 Å². The van der Waals surface area contributed by atoms with Gasteiger partial charge in [0.25, 0.3) is 5.91 Å². The van der Waals surface area contributed by atoms with Gasteiger partial charge in [0.15, 0.2) is 11.5 Å². The molecule has 144 valence electrons. The van der Waals surface area contributed by atoms with Crippen LogP contribution in [0.3, 0.4) is 0 Å². The molecular formula is C20H21Cl2NO4. The maximum absolute atomic E-state index is 12.3. The Morgan fingerprint density at radius 1 is 1.26 bits per heavy atom. The maximum atomic E-state index is 12.3. The number of amides is 1. The van der Waals surface area contributed by atoms with Crippen molar-refractivity contribution >= 4 is 29.1 Å². The molecule has 0 spiro atoms. The Morgan fingerprint density at radius 2 is 2.11 bits per heavy atom. The van der Waals surface area contributed by atoms with Gasteiger partial charge in [0.1, 0.15) is 6.61 Å². The lowest BCUT2D eigenvalue weighted by atomic mass is 10.1. The van der Waals surface area contributed by atoms with E-state index in [2.05, 4.69) is 5.32 Å². The van der Waals surface area contributed by atoms with Gasteiger partial charge in [-0.15, -0.1) is 0 Å². The van der Waals surface area contributed by atoms with Crippen LogP contribution in [-0.4, -0.2) is 32.3 Å². The summed E-state index contributed by atoms with van der Waals surface area (Å²) in [7, 11) is 1.59. The van der Waals surface area contributed by atoms with Crippen LogP contribution >= 0.6 is 23.2 Å². The summed E-state index contributed by atoms with van der Waals surface area (Å²) >= 11 is 12.0. The number of hydrogen-bond donors (Lipinski definition) is 1. The van der Waals surface area contributed by atoms with Crippen LogP contribution in [0.25, 0.3) is 0 Å². The second-order valence-electron chi connectivity index (χ2n) is 6.22. The van der Waals surface area contributed by atoms with Gasteiger partial charge in [0.2, 0.25) is 0 Å². The predicted octanol–water partition coefficient (Wildman–Crippen LogP) is 4.49. The molecule has 1 saturated heterocycles. The van der Waals surface area contributed by atoms with E-state index < -0.39 is 0 Å². The van der Waals surface area contributed by atoms with Gasteiger partial charge in [-0.1, -0.05) is 35.3 Å². The van der Waals surface area contributed by atoms with E-state index in [9.17, 15) is 4.79 Å². The minimum Gasteiger partial charge on any atom is -0.493 e. The van der Waals surface area contributed by atoms with Crippen molar-refractivity contribution in [2.75, 3.05) is 20.3 Å². The molecule has 0 saturated carbocycles. The van der Waals surface area contributed by atoms with E-state index in [4.69, 9.17) is 37.4 Å². The van der Waals surface area contributed by atoms with Crippen LogP contribution in [0.1, 0.15) is 28.8 Å². The molecule has 0 aromatic heterocycles.